The van der Waals surface area contributed by atoms with Crippen LogP contribution in [0.1, 0.15) is 35.4 Å². The Kier molecular flexibility index (Phi) is 4.51. The van der Waals surface area contributed by atoms with Crippen LogP contribution in [-0.2, 0) is 10.2 Å². The summed E-state index contributed by atoms with van der Waals surface area (Å²) in [5.74, 6) is -0.133. The predicted molar refractivity (Wildman–Crippen MR) is 122 cm³/mol. The van der Waals surface area contributed by atoms with E-state index in [2.05, 4.69) is 28.6 Å². The minimum Gasteiger partial charge on any atom is -0.464 e. The third-order valence-corrected chi connectivity index (χ3v) is 7.43. The second kappa shape index (κ2) is 7.13. The Morgan fingerprint density at radius 3 is 2.81 bits per heavy atom. The fourth-order valence-corrected chi connectivity index (χ4v) is 5.49. The lowest BCUT2D eigenvalue weighted by molar-refractivity contribution is -0.131. The molecule has 0 spiro atoms. The van der Waals surface area contributed by atoms with Gasteiger partial charge >= 0.3 is 0 Å². The Labute approximate surface area is 184 Å². The standard InChI is InChI=1S/C24H22N4O2S/c1-14-4-6-18(27-26-14)17-11-20(31-13-17)24(2)12-21(25)28(3)23(29)22(24)16-5-7-19-15(10-16)8-9-30-19/h4-11,13,22,25H,12H2,1-3H3/t22-,24-/m1/s1. The first-order chi connectivity index (χ1) is 14.9. The molecule has 1 N–H and O–H groups in total. The molecule has 4 aromatic rings. The number of nitrogens with zero attached hydrogens (tertiary/aromatic N) is 3. The lowest BCUT2D eigenvalue weighted by Crippen LogP contribution is -2.51. The summed E-state index contributed by atoms with van der Waals surface area (Å²) in [6, 6.07) is 13.8. The number of carbonyl (C=O) groups excluding carboxylic acids is 1. The Morgan fingerprint density at radius 2 is 2.03 bits per heavy atom. The van der Waals surface area contributed by atoms with Crippen LogP contribution in [-0.4, -0.2) is 33.9 Å². The molecule has 4 heterocycles. The maximum Gasteiger partial charge on any atom is 0.236 e. The molecule has 156 valence electrons. The van der Waals surface area contributed by atoms with Crippen LogP contribution in [0.4, 0.5) is 0 Å². The number of rotatable bonds is 3. The molecule has 1 aliphatic rings. The Morgan fingerprint density at radius 1 is 1.19 bits per heavy atom. The minimum absolute atomic E-state index is 0.0633. The smallest absolute Gasteiger partial charge is 0.236 e. The monoisotopic (exact) mass is 430 g/mol. The quantitative estimate of drug-likeness (QED) is 0.488. The summed E-state index contributed by atoms with van der Waals surface area (Å²) in [5, 5.41) is 20.0. The zero-order valence-electron chi connectivity index (χ0n) is 17.5. The third kappa shape index (κ3) is 3.16. The SMILES string of the molecule is Cc1ccc(-c2csc([C@@]3(C)CC(=N)N(C)C(=O)[C@H]3c3ccc4occc4c3)c2)nn1. The predicted octanol–water partition coefficient (Wildman–Crippen LogP) is 5.14. The van der Waals surface area contributed by atoms with Gasteiger partial charge in [-0.05, 0) is 48.9 Å². The number of piperidine rings is 1. The molecule has 1 aliphatic heterocycles. The molecule has 0 unspecified atom stereocenters. The zero-order valence-corrected chi connectivity index (χ0v) is 18.4. The van der Waals surface area contributed by atoms with E-state index in [1.54, 1.807) is 24.6 Å². The van der Waals surface area contributed by atoms with E-state index in [4.69, 9.17) is 9.83 Å². The molecule has 1 saturated heterocycles. The first-order valence-electron chi connectivity index (χ1n) is 10.1. The molecular formula is C24H22N4O2S. The molecule has 5 rings (SSSR count). The molecule has 0 bridgehead atoms. The van der Waals surface area contributed by atoms with E-state index >= 15 is 0 Å². The van der Waals surface area contributed by atoms with Crippen LogP contribution in [0.5, 0.6) is 0 Å². The molecule has 31 heavy (non-hydrogen) atoms. The van der Waals surface area contributed by atoms with Gasteiger partial charge in [0.2, 0.25) is 5.91 Å². The fourth-order valence-electron chi connectivity index (χ4n) is 4.40. The van der Waals surface area contributed by atoms with Crippen LogP contribution in [0, 0.1) is 12.3 Å². The molecule has 2 atom stereocenters. The van der Waals surface area contributed by atoms with Crippen molar-refractivity contribution in [2.75, 3.05) is 7.05 Å². The third-order valence-electron chi connectivity index (χ3n) is 6.22. The average molecular weight is 431 g/mol. The number of amidine groups is 1. The zero-order chi connectivity index (χ0) is 21.8. The number of likely N-dealkylation sites (N-methyl/N-ethyl adjacent to an activating group) is 1. The molecule has 1 fully saturated rings. The normalized spacial score (nSPS) is 21.8. The number of amides is 1. The molecule has 1 aromatic carbocycles. The van der Waals surface area contributed by atoms with Gasteiger partial charge in [-0.3, -0.25) is 10.2 Å². The Bertz CT molecular complexity index is 1310. The number of fused-ring (bicyclic) bond motifs is 1. The average Bonchev–Trinajstić information content (AvgIpc) is 3.42. The van der Waals surface area contributed by atoms with E-state index in [9.17, 15) is 4.79 Å². The van der Waals surface area contributed by atoms with Crippen molar-refractivity contribution in [3.8, 4) is 11.3 Å². The maximum atomic E-state index is 13.5. The highest BCUT2D eigenvalue weighted by Gasteiger charge is 2.49. The highest BCUT2D eigenvalue weighted by atomic mass is 32.1. The molecule has 3 aromatic heterocycles. The van der Waals surface area contributed by atoms with Gasteiger partial charge in [-0.1, -0.05) is 13.0 Å². The van der Waals surface area contributed by atoms with Crippen molar-refractivity contribution in [2.24, 2.45) is 0 Å². The van der Waals surface area contributed by atoms with Crippen LogP contribution < -0.4 is 0 Å². The van der Waals surface area contributed by atoms with Gasteiger partial charge in [0.25, 0.3) is 0 Å². The van der Waals surface area contributed by atoms with Crippen LogP contribution in [0.3, 0.4) is 0 Å². The molecular weight excluding hydrogens is 408 g/mol. The van der Waals surface area contributed by atoms with Crippen molar-refractivity contribution in [2.45, 2.75) is 31.6 Å². The van der Waals surface area contributed by atoms with E-state index in [-0.39, 0.29) is 5.91 Å². The summed E-state index contributed by atoms with van der Waals surface area (Å²) in [5.41, 5.74) is 3.85. The van der Waals surface area contributed by atoms with Crippen LogP contribution in [0.15, 0.2) is 58.5 Å². The van der Waals surface area contributed by atoms with Gasteiger partial charge in [0.15, 0.2) is 0 Å². The van der Waals surface area contributed by atoms with Gasteiger partial charge in [-0.25, -0.2) is 0 Å². The summed E-state index contributed by atoms with van der Waals surface area (Å²) < 4.78 is 5.48. The first kappa shape index (κ1) is 19.6. The second-order valence-corrected chi connectivity index (χ2v) is 9.26. The van der Waals surface area contributed by atoms with Gasteiger partial charge in [0.1, 0.15) is 11.4 Å². The van der Waals surface area contributed by atoms with E-state index in [0.29, 0.717) is 12.3 Å². The minimum atomic E-state index is -0.543. The number of nitrogens with one attached hydrogen (secondary N) is 1. The summed E-state index contributed by atoms with van der Waals surface area (Å²) in [6.45, 7) is 4.00. The molecule has 0 saturated carbocycles. The lowest BCUT2D eigenvalue weighted by atomic mass is 9.67. The van der Waals surface area contributed by atoms with Gasteiger partial charge < -0.3 is 9.32 Å². The number of carbonyl (C=O) groups is 1. The second-order valence-electron chi connectivity index (χ2n) is 8.35. The topological polar surface area (TPSA) is 83.1 Å². The van der Waals surface area contributed by atoms with Crippen LogP contribution in [0.25, 0.3) is 22.2 Å². The van der Waals surface area contributed by atoms with Crippen molar-refractivity contribution >= 4 is 34.0 Å². The number of aromatic nitrogens is 2. The van der Waals surface area contributed by atoms with E-state index in [1.165, 1.54) is 4.90 Å². The van der Waals surface area contributed by atoms with Crippen molar-refractivity contribution < 1.29 is 9.21 Å². The van der Waals surface area contributed by atoms with Gasteiger partial charge in [0.05, 0.1) is 23.6 Å². The number of thiophene rings is 1. The van der Waals surface area contributed by atoms with Crippen LogP contribution in [0.2, 0.25) is 0 Å². The summed E-state index contributed by atoms with van der Waals surface area (Å²) >= 11 is 1.61. The summed E-state index contributed by atoms with van der Waals surface area (Å²) in [6.07, 6.45) is 2.13. The number of furan rings is 1. The maximum absolute atomic E-state index is 13.5. The number of aryl methyl sites for hydroxylation is 1. The van der Waals surface area contributed by atoms with Crippen molar-refractivity contribution in [3.05, 3.63) is 70.2 Å². The van der Waals surface area contributed by atoms with Crippen LogP contribution >= 0.6 is 11.3 Å². The van der Waals surface area contributed by atoms with Gasteiger partial charge in [-0.15, -0.1) is 11.3 Å². The molecule has 6 nitrogen and oxygen atoms in total. The fraction of sp³-hybridized carbons (Fsp3) is 0.250. The Hall–Kier alpha value is -3.32. The van der Waals surface area contributed by atoms with Crippen molar-refractivity contribution in [3.63, 3.8) is 0 Å². The molecule has 7 heteroatoms. The highest BCUT2D eigenvalue weighted by molar-refractivity contribution is 7.10. The number of likely N-dealkylation sites (tertiary alicyclic amines) is 1. The van der Waals surface area contributed by atoms with E-state index in [0.717, 1.165) is 38.4 Å². The number of hydrogen-bond donors (Lipinski definition) is 1. The van der Waals surface area contributed by atoms with Crippen molar-refractivity contribution in [1.29, 1.82) is 5.41 Å². The molecule has 0 radical (unpaired) electrons. The highest BCUT2D eigenvalue weighted by Crippen LogP contribution is 2.49. The van der Waals surface area contributed by atoms with E-state index < -0.39 is 11.3 Å². The van der Waals surface area contributed by atoms with E-state index in [1.807, 2.05) is 43.3 Å². The van der Waals surface area contributed by atoms with Gasteiger partial charge in [0, 0.05) is 40.1 Å². The van der Waals surface area contributed by atoms with Crippen molar-refractivity contribution in [1.82, 2.24) is 15.1 Å². The summed E-state index contributed by atoms with van der Waals surface area (Å²) in [7, 11) is 1.69. The molecule has 0 aliphatic carbocycles. The number of hydrogen-bond acceptors (Lipinski definition) is 6. The number of benzene rings is 1. The first-order valence-corrected chi connectivity index (χ1v) is 11.0. The molecule has 1 amide bonds. The largest absolute Gasteiger partial charge is 0.464 e. The summed E-state index contributed by atoms with van der Waals surface area (Å²) in [4.78, 5) is 16.0. The lowest BCUT2D eigenvalue weighted by Gasteiger charge is -2.44. The van der Waals surface area contributed by atoms with Gasteiger partial charge in [-0.2, -0.15) is 10.2 Å². The Balaban J connectivity index is 1.62.